The van der Waals surface area contributed by atoms with Gasteiger partial charge in [-0.25, -0.2) is 0 Å². The molecule has 0 bridgehead atoms. The zero-order chi connectivity index (χ0) is 13.1. The minimum atomic E-state index is -0.437. The topological polar surface area (TPSA) is 75.4 Å². The fraction of sp³-hybridized carbons (Fsp3) is 0.692. The third-order valence-corrected chi connectivity index (χ3v) is 3.54. The van der Waals surface area contributed by atoms with E-state index in [9.17, 15) is 9.90 Å². The summed E-state index contributed by atoms with van der Waals surface area (Å²) in [5.74, 6) is 0.353. The van der Waals surface area contributed by atoms with Gasteiger partial charge in [0.25, 0.3) is 5.91 Å². The van der Waals surface area contributed by atoms with Gasteiger partial charge in [-0.3, -0.25) is 4.79 Å². The molecule has 0 spiro atoms. The van der Waals surface area contributed by atoms with Gasteiger partial charge in [0.2, 0.25) is 0 Å². The summed E-state index contributed by atoms with van der Waals surface area (Å²) < 4.78 is 5.05. The highest BCUT2D eigenvalue weighted by molar-refractivity contribution is 5.96. The van der Waals surface area contributed by atoms with E-state index in [-0.39, 0.29) is 11.9 Å². The molecule has 2 rings (SSSR count). The highest BCUT2D eigenvalue weighted by atomic mass is 16.5. The third-order valence-electron chi connectivity index (χ3n) is 3.54. The lowest BCUT2D eigenvalue weighted by Crippen LogP contribution is -2.45. The van der Waals surface area contributed by atoms with Crippen molar-refractivity contribution >= 4 is 5.91 Å². The van der Waals surface area contributed by atoms with Crippen LogP contribution in [0.1, 0.15) is 54.4 Å². The van der Waals surface area contributed by atoms with E-state index in [1.165, 1.54) is 0 Å². The Kier molecular flexibility index (Phi) is 4.01. The van der Waals surface area contributed by atoms with Crippen molar-refractivity contribution in [3.63, 3.8) is 0 Å². The first-order chi connectivity index (χ1) is 8.63. The molecule has 100 valence electrons. The van der Waals surface area contributed by atoms with Crippen molar-refractivity contribution in [2.24, 2.45) is 0 Å². The van der Waals surface area contributed by atoms with Crippen molar-refractivity contribution in [2.75, 3.05) is 0 Å². The number of hydrogen-bond donors (Lipinski definition) is 2. The number of aliphatic hydroxyl groups is 1. The van der Waals surface area contributed by atoms with Crippen LogP contribution in [-0.2, 0) is 6.42 Å². The SMILES string of the molecule is CCc1noc(C)c1C(=O)N[C@H]1CCCC[C@@H]1O. The number of nitrogens with zero attached hydrogens (tertiary/aromatic N) is 1. The second kappa shape index (κ2) is 5.52. The Labute approximate surface area is 107 Å². The number of aryl methyl sites for hydroxylation is 2. The molecule has 2 N–H and O–H groups in total. The molecular weight excluding hydrogens is 232 g/mol. The second-order valence-electron chi connectivity index (χ2n) is 4.85. The smallest absolute Gasteiger partial charge is 0.257 e. The molecule has 2 atom stereocenters. The second-order valence-corrected chi connectivity index (χ2v) is 4.85. The molecule has 1 amide bonds. The van der Waals surface area contributed by atoms with Crippen LogP contribution in [0.25, 0.3) is 0 Å². The van der Waals surface area contributed by atoms with Crippen LogP contribution in [0.15, 0.2) is 4.52 Å². The summed E-state index contributed by atoms with van der Waals surface area (Å²) in [6.07, 6.45) is 3.89. The Morgan fingerprint density at radius 2 is 2.22 bits per heavy atom. The molecule has 1 saturated carbocycles. The molecule has 0 aromatic carbocycles. The summed E-state index contributed by atoms with van der Waals surface area (Å²) in [6, 6.07) is -0.148. The van der Waals surface area contributed by atoms with Crippen LogP contribution in [0.2, 0.25) is 0 Å². The summed E-state index contributed by atoms with van der Waals surface area (Å²) in [5.41, 5.74) is 1.20. The summed E-state index contributed by atoms with van der Waals surface area (Å²) in [6.45, 7) is 3.67. The minimum absolute atomic E-state index is 0.148. The Morgan fingerprint density at radius 1 is 1.50 bits per heavy atom. The average molecular weight is 252 g/mol. The summed E-state index contributed by atoms with van der Waals surface area (Å²) >= 11 is 0. The zero-order valence-corrected chi connectivity index (χ0v) is 10.9. The van der Waals surface area contributed by atoms with Gasteiger partial charge in [0.1, 0.15) is 11.3 Å². The number of rotatable bonds is 3. The molecular formula is C13H20N2O3. The molecule has 18 heavy (non-hydrogen) atoms. The van der Waals surface area contributed by atoms with E-state index in [0.29, 0.717) is 23.4 Å². The molecule has 1 aliphatic carbocycles. The van der Waals surface area contributed by atoms with Gasteiger partial charge in [0, 0.05) is 0 Å². The number of aromatic nitrogens is 1. The maximum Gasteiger partial charge on any atom is 0.257 e. The number of carbonyl (C=O) groups is 1. The molecule has 1 heterocycles. The Morgan fingerprint density at radius 3 is 2.89 bits per heavy atom. The van der Waals surface area contributed by atoms with Crippen LogP contribution in [-0.4, -0.2) is 28.3 Å². The molecule has 5 heteroatoms. The van der Waals surface area contributed by atoms with Gasteiger partial charge in [-0.05, 0) is 26.2 Å². The number of aliphatic hydroxyl groups excluding tert-OH is 1. The fourth-order valence-electron chi connectivity index (χ4n) is 2.47. The molecule has 0 aliphatic heterocycles. The monoisotopic (exact) mass is 252 g/mol. The van der Waals surface area contributed by atoms with Crippen molar-refractivity contribution in [3.8, 4) is 0 Å². The fourth-order valence-corrected chi connectivity index (χ4v) is 2.47. The molecule has 1 aromatic rings. The van der Waals surface area contributed by atoms with Gasteiger partial charge >= 0.3 is 0 Å². The number of hydrogen-bond acceptors (Lipinski definition) is 4. The summed E-state index contributed by atoms with van der Waals surface area (Å²) in [5, 5.41) is 16.6. The van der Waals surface area contributed by atoms with Crippen molar-refractivity contribution in [3.05, 3.63) is 17.0 Å². The largest absolute Gasteiger partial charge is 0.391 e. The van der Waals surface area contributed by atoms with Crippen molar-refractivity contribution < 1.29 is 14.4 Å². The standard InChI is InChI=1S/C13H20N2O3/c1-3-9-12(8(2)18-15-9)13(17)14-10-6-4-5-7-11(10)16/h10-11,16H,3-7H2,1-2H3,(H,14,17)/t10-,11-/m0/s1. The van der Waals surface area contributed by atoms with E-state index in [1.54, 1.807) is 6.92 Å². The first-order valence-electron chi connectivity index (χ1n) is 6.57. The first kappa shape index (κ1) is 13.1. The average Bonchev–Trinajstić information content (AvgIpc) is 2.73. The number of nitrogens with one attached hydrogen (secondary N) is 1. The van der Waals surface area contributed by atoms with E-state index in [1.807, 2.05) is 6.92 Å². The van der Waals surface area contributed by atoms with Crippen LogP contribution in [0.3, 0.4) is 0 Å². The van der Waals surface area contributed by atoms with E-state index in [0.717, 1.165) is 25.7 Å². The predicted molar refractivity (Wildman–Crippen MR) is 66.3 cm³/mol. The van der Waals surface area contributed by atoms with Gasteiger partial charge in [0.05, 0.1) is 17.8 Å². The Bertz CT molecular complexity index is 428. The predicted octanol–water partition coefficient (Wildman–Crippen LogP) is 1.58. The Balaban J connectivity index is 2.09. The van der Waals surface area contributed by atoms with Crippen molar-refractivity contribution in [1.82, 2.24) is 10.5 Å². The normalized spacial score (nSPS) is 23.9. The lowest BCUT2D eigenvalue weighted by Gasteiger charge is -2.28. The maximum atomic E-state index is 12.2. The van der Waals surface area contributed by atoms with Gasteiger partial charge in [-0.15, -0.1) is 0 Å². The van der Waals surface area contributed by atoms with Crippen LogP contribution in [0, 0.1) is 6.92 Å². The number of carbonyl (C=O) groups excluding carboxylic acids is 1. The molecule has 0 radical (unpaired) electrons. The molecule has 0 unspecified atom stereocenters. The van der Waals surface area contributed by atoms with E-state index in [4.69, 9.17) is 4.52 Å². The van der Waals surface area contributed by atoms with Crippen LogP contribution in [0.4, 0.5) is 0 Å². The lowest BCUT2D eigenvalue weighted by atomic mass is 9.92. The zero-order valence-electron chi connectivity index (χ0n) is 10.9. The van der Waals surface area contributed by atoms with Gasteiger partial charge in [0.15, 0.2) is 0 Å². The molecule has 1 aliphatic rings. The van der Waals surface area contributed by atoms with E-state index >= 15 is 0 Å². The summed E-state index contributed by atoms with van der Waals surface area (Å²) in [7, 11) is 0. The molecule has 1 aromatic heterocycles. The van der Waals surface area contributed by atoms with E-state index < -0.39 is 6.10 Å². The maximum absolute atomic E-state index is 12.2. The molecule has 5 nitrogen and oxygen atoms in total. The van der Waals surface area contributed by atoms with Gasteiger partial charge in [-0.1, -0.05) is 24.9 Å². The van der Waals surface area contributed by atoms with Crippen LogP contribution >= 0.6 is 0 Å². The van der Waals surface area contributed by atoms with Crippen molar-refractivity contribution in [2.45, 2.75) is 58.1 Å². The number of amides is 1. The summed E-state index contributed by atoms with van der Waals surface area (Å²) in [4.78, 5) is 12.2. The minimum Gasteiger partial charge on any atom is -0.391 e. The highest BCUT2D eigenvalue weighted by Gasteiger charge is 2.27. The Hall–Kier alpha value is -1.36. The van der Waals surface area contributed by atoms with Crippen LogP contribution in [0.5, 0.6) is 0 Å². The van der Waals surface area contributed by atoms with E-state index in [2.05, 4.69) is 10.5 Å². The quantitative estimate of drug-likeness (QED) is 0.856. The third kappa shape index (κ3) is 2.56. The van der Waals surface area contributed by atoms with Crippen LogP contribution < -0.4 is 5.32 Å². The molecule has 1 fully saturated rings. The van der Waals surface area contributed by atoms with Gasteiger partial charge in [-0.2, -0.15) is 0 Å². The van der Waals surface area contributed by atoms with Gasteiger partial charge < -0.3 is 14.9 Å². The lowest BCUT2D eigenvalue weighted by molar-refractivity contribution is 0.0715. The highest BCUT2D eigenvalue weighted by Crippen LogP contribution is 2.20. The van der Waals surface area contributed by atoms with Crippen molar-refractivity contribution in [1.29, 1.82) is 0 Å². The molecule has 0 saturated heterocycles. The first-order valence-corrected chi connectivity index (χ1v) is 6.57.